The highest BCUT2D eigenvalue weighted by Crippen LogP contribution is 2.28. The average molecular weight is 249 g/mol. The molecule has 0 bridgehead atoms. The van der Waals surface area contributed by atoms with E-state index in [1.165, 1.54) is 0 Å². The molecule has 0 spiro atoms. The monoisotopic (exact) mass is 248 g/mol. The number of alkyl halides is 1. The van der Waals surface area contributed by atoms with Crippen LogP contribution in [0.25, 0.3) is 22.6 Å². The van der Waals surface area contributed by atoms with E-state index in [9.17, 15) is 0 Å². The van der Waals surface area contributed by atoms with Gasteiger partial charge in [-0.3, -0.25) is 0 Å². The van der Waals surface area contributed by atoms with Gasteiger partial charge in [0.2, 0.25) is 5.89 Å². The van der Waals surface area contributed by atoms with Crippen LogP contribution >= 0.6 is 11.6 Å². The van der Waals surface area contributed by atoms with Crippen LogP contribution in [-0.2, 0) is 0 Å². The second-order valence-electron chi connectivity index (χ2n) is 3.71. The molecular formula is C12H9ClN2O2. The quantitative estimate of drug-likeness (QED) is 0.648. The lowest BCUT2D eigenvalue weighted by Gasteiger charge is -1.91. The fourth-order valence-electron chi connectivity index (χ4n) is 1.58. The van der Waals surface area contributed by atoms with Gasteiger partial charge in [0.05, 0.1) is 0 Å². The number of hydrogen-bond donors (Lipinski definition) is 0. The van der Waals surface area contributed by atoms with Gasteiger partial charge in [0.25, 0.3) is 5.89 Å². The molecule has 0 radical (unpaired) electrons. The average Bonchev–Trinajstić information content (AvgIpc) is 2.95. The van der Waals surface area contributed by atoms with Gasteiger partial charge in [-0.15, -0.1) is 21.8 Å². The van der Waals surface area contributed by atoms with Crippen LogP contribution in [0.5, 0.6) is 0 Å². The molecule has 0 aliphatic carbocycles. The summed E-state index contributed by atoms with van der Waals surface area (Å²) in [6, 6.07) is 9.58. The van der Waals surface area contributed by atoms with Gasteiger partial charge in [0, 0.05) is 5.39 Å². The van der Waals surface area contributed by atoms with E-state index < -0.39 is 0 Å². The molecule has 0 aliphatic rings. The lowest BCUT2D eigenvalue weighted by atomic mass is 10.2. The predicted octanol–water partition coefficient (Wildman–Crippen LogP) is 3.78. The molecule has 1 aromatic carbocycles. The second kappa shape index (κ2) is 3.89. The zero-order valence-electron chi connectivity index (χ0n) is 9.05. The molecule has 0 saturated heterocycles. The Hall–Kier alpha value is -1.81. The molecular weight excluding hydrogens is 240 g/mol. The number of para-hydroxylation sites is 1. The van der Waals surface area contributed by atoms with Crippen LogP contribution < -0.4 is 0 Å². The summed E-state index contributed by atoms with van der Waals surface area (Å²) in [4.78, 5) is 0. The minimum Gasteiger partial charge on any atom is -0.451 e. The van der Waals surface area contributed by atoms with Crippen LogP contribution in [0, 0.1) is 0 Å². The fourth-order valence-corrected chi connectivity index (χ4v) is 1.67. The van der Waals surface area contributed by atoms with Crippen molar-refractivity contribution >= 4 is 22.6 Å². The van der Waals surface area contributed by atoms with Gasteiger partial charge in [0.1, 0.15) is 11.0 Å². The van der Waals surface area contributed by atoms with Crippen LogP contribution in [-0.4, -0.2) is 10.2 Å². The maximum absolute atomic E-state index is 5.86. The Morgan fingerprint density at radius 3 is 2.71 bits per heavy atom. The summed E-state index contributed by atoms with van der Waals surface area (Å²) in [7, 11) is 0. The third kappa shape index (κ3) is 1.80. The predicted molar refractivity (Wildman–Crippen MR) is 63.8 cm³/mol. The van der Waals surface area contributed by atoms with Crippen LogP contribution in [0.2, 0.25) is 0 Å². The number of hydrogen-bond acceptors (Lipinski definition) is 4. The van der Waals surface area contributed by atoms with Gasteiger partial charge < -0.3 is 8.83 Å². The van der Waals surface area contributed by atoms with E-state index in [-0.39, 0.29) is 5.38 Å². The third-order valence-electron chi connectivity index (χ3n) is 2.42. The van der Waals surface area contributed by atoms with E-state index in [1.54, 1.807) is 6.92 Å². The summed E-state index contributed by atoms with van der Waals surface area (Å²) in [5.41, 5.74) is 0.793. The highest BCUT2D eigenvalue weighted by molar-refractivity contribution is 6.20. The van der Waals surface area contributed by atoms with Crippen LogP contribution in [0.3, 0.4) is 0 Å². The summed E-state index contributed by atoms with van der Waals surface area (Å²) in [6.07, 6.45) is 0. The molecule has 3 aromatic rings. The molecule has 1 unspecified atom stereocenters. The number of furan rings is 1. The first kappa shape index (κ1) is 10.4. The molecule has 5 heteroatoms. The molecule has 2 aromatic heterocycles. The first-order chi connectivity index (χ1) is 8.24. The molecule has 0 saturated carbocycles. The van der Waals surface area contributed by atoms with Crippen LogP contribution in [0.1, 0.15) is 18.2 Å². The lowest BCUT2D eigenvalue weighted by Crippen LogP contribution is -1.81. The molecule has 17 heavy (non-hydrogen) atoms. The third-order valence-corrected chi connectivity index (χ3v) is 2.60. The Balaban J connectivity index is 2.07. The Kier molecular flexibility index (Phi) is 2.37. The summed E-state index contributed by atoms with van der Waals surface area (Å²) in [6.45, 7) is 1.78. The number of rotatable bonds is 2. The molecule has 0 N–H and O–H groups in total. The summed E-state index contributed by atoms with van der Waals surface area (Å²) in [5.74, 6) is 1.30. The maximum atomic E-state index is 5.86. The van der Waals surface area contributed by atoms with Crippen LogP contribution in [0.4, 0.5) is 0 Å². The molecule has 0 fully saturated rings. The SMILES string of the molecule is CC(Cl)c1nnc(-c2cc3ccccc3o2)o1. The summed E-state index contributed by atoms with van der Waals surface area (Å²) in [5, 5.41) is 8.46. The van der Waals surface area contributed by atoms with E-state index in [4.69, 9.17) is 20.4 Å². The second-order valence-corrected chi connectivity index (χ2v) is 4.36. The van der Waals surface area contributed by atoms with Gasteiger partial charge in [-0.2, -0.15) is 0 Å². The van der Waals surface area contributed by atoms with Gasteiger partial charge in [0.15, 0.2) is 5.76 Å². The Bertz CT molecular complexity index is 624. The standard InChI is InChI=1S/C12H9ClN2O2/c1-7(13)11-14-15-12(17-11)10-6-8-4-2-3-5-9(8)16-10/h2-7H,1H3. The molecule has 86 valence electrons. The molecule has 0 amide bonds. The minimum atomic E-state index is -0.305. The van der Waals surface area contributed by atoms with Crippen molar-refractivity contribution in [2.45, 2.75) is 12.3 Å². The normalized spacial score (nSPS) is 13.1. The first-order valence-corrected chi connectivity index (χ1v) is 5.64. The topological polar surface area (TPSA) is 52.1 Å². The number of fused-ring (bicyclic) bond motifs is 1. The smallest absolute Gasteiger partial charge is 0.283 e. The lowest BCUT2D eigenvalue weighted by molar-refractivity contribution is 0.488. The number of aromatic nitrogens is 2. The van der Waals surface area contributed by atoms with Gasteiger partial charge in [-0.1, -0.05) is 18.2 Å². The van der Waals surface area contributed by atoms with Crippen molar-refractivity contribution in [2.24, 2.45) is 0 Å². The van der Waals surface area contributed by atoms with Gasteiger partial charge in [-0.25, -0.2) is 0 Å². The van der Waals surface area contributed by atoms with Gasteiger partial charge >= 0.3 is 0 Å². The van der Waals surface area contributed by atoms with Crippen molar-refractivity contribution in [3.05, 3.63) is 36.2 Å². The summed E-state index contributed by atoms with van der Waals surface area (Å²) >= 11 is 5.86. The maximum Gasteiger partial charge on any atom is 0.283 e. The Morgan fingerprint density at radius 2 is 2.00 bits per heavy atom. The number of nitrogens with zero attached hydrogens (tertiary/aromatic N) is 2. The zero-order valence-corrected chi connectivity index (χ0v) is 9.81. The van der Waals surface area contributed by atoms with E-state index in [2.05, 4.69) is 10.2 Å². The van der Waals surface area contributed by atoms with E-state index in [1.807, 2.05) is 30.3 Å². The molecule has 4 nitrogen and oxygen atoms in total. The Morgan fingerprint density at radius 1 is 1.18 bits per heavy atom. The van der Waals surface area contributed by atoms with Crippen molar-refractivity contribution in [3.63, 3.8) is 0 Å². The highest BCUT2D eigenvalue weighted by Gasteiger charge is 2.15. The molecule has 3 rings (SSSR count). The van der Waals surface area contributed by atoms with Crippen molar-refractivity contribution in [2.75, 3.05) is 0 Å². The Labute approximate surface area is 102 Å². The van der Waals surface area contributed by atoms with E-state index >= 15 is 0 Å². The van der Waals surface area contributed by atoms with Crippen LogP contribution in [0.15, 0.2) is 39.2 Å². The van der Waals surface area contributed by atoms with Crippen molar-refractivity contribution < 1.29 is 8.83 Å². The largest absolute Gasteiger partial charge is 0.451 e. The number of halogens is 1. The molecule has 0 aliphatic heterocycles. The van der Waals surface area contributed by atoms with Gasteiger partial charge in [-0.05, 0) is 19.1 Å². The zero-order chi connectivity index (χ0) is 11.8. The summed E-state index contributed by atoms with van der Waals surface area (Å²) < 4.78 is 11.0. The molecule has 1 atom stereocenters. The minimum absolute atomic E-state index is 0.305. The number of benzene rings is 1. The van der Waals surface area contributed by atoms with E-state index in [0.29, 0.717) is 17.5 Å². The van der Waals surface area contributed by atoms with E-state index in [0.717, 1.165) is 11.0 Å². The highest BCUT2D eigenvalue weighted by atomic mass is 35.5. The van der Waals surface area contributed by atoms with Crippen molar-refractivity contribution in [1.82, 2.24) is 10.2 Å². The molecule has 2 heterocycles. The van der Waals surface area contributed by atoms with Crippen molar-refractivity contribution in [3.8, 4) is 11.7 Å². The first-order valence-electron chi connectivity index (χ1n) is 5.20. The van der Waals surface area contributed by atoms with Crippen molar-refractivity contribution in [1.29, 1.82) is 0 Å². The fraction of sp³-hybridized carbons (Fsp3) is 0.167.